The van der Waals surface area contributed by atoms with Crippen molar-refractivity contribution in [2.75, 3.05) is 19.0 Å². The third-order valence-corrected chi connectivity index (χ3v) is 1.73. The SMILES string of the molecule is Cc1cnc(Cl)cc1N(C)C. The first kappa shape index (κ1) is 8.34. The number of aromatic nitrogens is 1. The molecule has 2 nitrogen and oxygen atoms in total. The van der Waals surface area contributed by atoms with Gasteiger partial charge in [0.25, 0.3) is 0 Å². The van der Waals surface area contributed by atoms with Gasteiger partial charge in [0.1, 0.15) is 5.15 Å². The lowest BCUT2D eigenvalue weighted by Gasteiger charge is -2.14. The standard InChI is InChI=1S/C8H11ClN2/c1-6-5-10-8(9)4-7(6)11(2)3/h4-5H,1-3H3. The van der Waals surface area contributed by atoms with E-state index in [1.54, 1.807) is 6.20 Å². The highest BCUT2D eigenvalue weighted by atomic mass is 35.5. The summed E-state index contributed by atoms with van der Waals surface area (Å²) in [7, 11) is 3.97. The summed E-state index contributed by atoms with van der Waals surface area (Å²) in [5, 5.41) is 0.541. The van der Waals surface area contributed by atoms with Crippen molar-refractivity contribution < 1.29 is 0 Å². The van der Waals surface area contributed by atoms with Crippen LogP contribution in [0.3, 0.4) is 0 Å². The van der Waals surface area contributed by atoms with Gasteiger partial charge in [-0.25, -0.2) is 4.98 Å². The Bertz CT molecular complexity index is 258. The summed E-state index contributed by atoms with van der Waals surface area (Å²) in [5.41, 5.74) is 2.25. The molecule has 1 heterocycles. The molecule has 1 aromatic rings. The Morgan fingerprint density at radius 1 is 1.45 bits per heavy atom. The molecule has 0 N–H and O–H groups in total. The van der Waals surface area contributed by atoms with Gasteiger partial charge in [0.2, 0.25) is 0 Å². The molecule has 0 saturated carbocycles. The number of hydrogen-bond acceptors (Lipinski definition) is 2. The van der Waals surface area contributed by atoms with Crippen LogP contribution in [-0.4, -0.2) is 19.1 Å². The highest BCUT2D eigenvalue weighted by Gasteiger charge is 2.00. The third kappa shape index (κ3) is 1.84. The molecular formula is C8H11ClN2. The largest absolute Gasteiger partial charge is 0.377 e. The first-order chi connectivity index (χ1) is 5.11. The van der Waals surface area contributed by atoms with E-state index in [9.17, 15) is 0 Å². The molecule has 1 rings (SSSR count). The second kappa shape index (κ2) is 3.09. The van der Waals surface area contributed by atoms with E-state index in [1.807, 2.05) is 32.0 Å². The summed E-state index contributed by atoms with van der Waals surface area (Å²) in [6.07, 6.45) is 1.78. The van der Waals surface area contributed by atoms with Crippen LogP contribution in [0, 0.1) is 6.92 Å². The fourth-order valence-electron chi connectivity index (χ4n) is 0.970. The smallest absolute Gasteiger partial charge is 0.131 e. The summed E-state index contributed by atoms with van der Waals surface area (Å²) < 4.78 is 0. The molecule has 0 aliphatic heterocycles. The average molecular weight is 171 g/mol. The fourth-order valence-corrected chi connectivity index (χ4v) is 1.12. The summed E-state index contributed by atoms with van der Waals surface area (Å²) >= 11 is 5.72. The van der Waals surface area contributed by atoms with Gasteiger partial charge in [-0.3, -0.25) is 0 Å². The molecule has 0 radical (unpaired) electrons. The van der Waals surface area contributed by atoms with Gasteiger partial charge in [0, 0.05) is 26.0 Å². The molecule has 0 aliphatic carbocycles. The predicted octanol–water partition coefficient (Wildman–Crippen LogP) is 2.11. The van der Waals surface area contributed by atoms with Crippen molar-refractivity contribution in [3.8, 4) is 0 Å². The van der Waals surface area contributed by atoms with Crippen molar-refractivity contribution >= 4 is 17.3 Å². The monoisotopic (exact) mass is 170 g/mol. The van der Waals surface area contributed by atoms with Crippen molar-refractivity contribution in [2.45, 2.75) is 6.92 Å². The zero-order chi connectivity index (χ0) is 8.43. The molecule has 0 aromatic carbocycles. The summed E-state index contributed by atoms with van der Waals surface area (Å²) in [6.45, 7) is 2.01. The molecule has 0 spiro atoms. The van der Waals surface area contributed by atoms with E-state index >= 15 is 0 Å². The van der Waals surface area contributed by atoms with Gasteiger partial charge in [-0.2, -0.15) is 0 Å². The Labute approximate surface area is 71.8 Å². The van der Waals surface area contributed by atoms with Gasteiger partial charge in [0.15, 0.2) is 0 Å². The number of halogens is 1. The third-order valence-electron chi connectivity index (χ3n) is 1.52. The molecule has 1 aromatic heterocycles. The van der Waals surface area contributed by atoms with Crippen LogP contribution in [0.5, 0.6) is 0 Å². The molecule has 0 unspecified atom stereocenters. The summed E-state index contributed by atoms with van der Waals surface area (Å²) in [6, 6.07) is 1.86. The maximum absolute atomic E-state index is 5.72. The van der Waals surface area contributed by atoms with E-state index in [2.05, 4.69) is 4.98 Å². The topological polar surface area (TPSA) is 16.1 Å². The highest BCUT2D eigenvalue weighted by Crippen LogP contribution is 2.19. The normalized spacial score (nSPS) is 9.82. The second-order valence-corrected chi connectivity index (χ2v) is 3.08. The average Bonchev–Trinajstić information content (AvgIpc) is 1.94. The number of pyridine rings is 1. The van der Waals surface area contributed by atoms with Crippen LogP contribution in [0.15, 0.2) is 12.3 Å². The van der Waals surface area contributed by atoms with E-state index in [4.69, 9.17) is 11.6 Å². The van der Waals surface area contributed by atoms with E-state index in [-0.39, 0.29) is 0 Å². The van der Waals surface area contributed by atoms with Gasteiger partial charge >= 0.3 is 0 Å². The van der Waals surface area contributed by atoms with Crippen LogP contribution in [-0.2, 0) is 0 Å². The summed E-state index contributed by atoms with van der Waals surface area (Å²) in [4.78, 5) is 5.98. The number of rotatable bonds is 1. The van der Waals surface area contributed by atoms with E-state index in [0.717, 1.165) is 11.3 Å². The maximum Gasteiger partial charge on any atom is 0.131 e. The van der Waals surface area contributed by atoms with Crippen LogP contribution in [0.4, 0.5) is 5.69 Å². The Kier molecular flexibility index (Phi) is 2.35. The Morgan fingerprint density at radius 3 is 2.55 bits per heavy atom. The molecule has 0 bridgehead atoms. The first-order valence-electron chi connectivity index (χ1n) is 3.40. The van der Waals surface area contributed by atoms with Gasteiger partial charge in [-0.1, -0.05) is 11.6 Å². The van der Waals surface area contributed by atoms with Gasteiger partial charge in [-0.15, -0.1) is 0 Å². The fraction of sp³-hybridized carbons (Fsp3) is 0.375. The molecular weight excluding hydrogens is 160 g/mol. The number of hydrogen-bond donors (Lipinski definition) is 0. The van der Waals surface area contributed by atoms with Crippen molar-refractivity contribution in [1.29, 1.82) is 0 Å². The van der Waals surface area contributed by atoms with Crippen molar-refractivity contribution in [3.63, 3.8) is 0 Å². The van der Waals surface area contributed by atoms with E-state index < -0.39 is 0 Å². The molecule has 0 atom stereocenters. The zero-order valence-electron chi connectivity index (χ0n) is 6.93. The van der Waals surface area contributed by atoms with Crippen LogP contribution in [0.25, 0.3) is 0 Å². The Morgan fingerprint density at radius 2 is 2.09 bits per heavy atom. The lowest BCUT2D eigenvalue weighted by molar-refractivity contribution is 1.10. The van der Waals surface area contributed by atoms with E-state index in [0.29, 0.717) is 5.15 Å². The van der Waals surface area contributed by atoms with Crippen LogP contribution < -0.4 is 4.90 Å². The van der Waals surface area contributed by atoms with Crippen molar-refractivity contribution in [3.05, 3.63) is 23.0 Å². The highest BCUT2D eigenvalue weighted by molar-refractivity contribution is 6.29. The quantitative estimate of drug-likeness (QED) is 0.601. The maximum atomic E-state index is 5.72. The van der Waals surface area contributed by atoms with Gasteiger partial charge in [-0.05, 0) is 18.6 Å². The Balaban J connectivity index is 3.13. The van der Waals surface area contributed by atoms with Crippen LogP contribution >= 0.6 is 11.6 Å². The minimum atomic E-state index is 0.541. The molecule has 0 amide bonds. The molecule has 0 saturated heterocycles. The summed E-state index contributed by atoms with van der Waals surface area (Å²) in [5.74, 6) is 0. The van der Waals surface area contributed by atoms with Gasteiger partial charge in [0.05, 0.1) is 0 Å². The Hall–Kier alpha value is -0.760. The minimum absolute atomic E-state index is 0.541. The predicted molar refractivity (Wildman–Crippen MR) is 48.3 cm³/mol. The lowest BCUT2D eigenvalue weighted by Crippen LogP contribution is -2.10. The number of nitrogens with zero attached hydrogens (tertiary/aromatic N) is 2. The molecule has 3 heteroatoms. The van der Waals surface area contributed by atoms with Crippen molar-refractivity contribution in [1.82, 2.24) is 4.98 Å². The molecule has 0 aliphatic rings. The van der Waals surface area contributed by atoms with Crippen LogP contribution in [0.1, 0.15) is 5.56 Å². The lowest BCUT2D eigenvalue weighted by atomic mass is 10.2. The first-order valence-corrected chi connectivity index (χ1v) is 3.78. The molecule has 0 fully saturated rings. The van der Waals surface area contributed by atoms with Crippen molar-refractivity contribution in [2.24, 2.45) is 0 Å². The minimum Gasteiger partial charge on any atom is -0.377 e. The number of anilines is 1. The van der Waals surface area contributed by atoms with Crippen LogP contribution in [0.2, 0.25) is 5.15 Å². The number of aryl methyl sites for hydroxylation is 1. The van der Waals surface area contributed by atoms with E-state index in [1.165, 1.54) is 0 Å². The zero-order valence-corrected chi connectivity index (χ0v) is 7.68. The second-order valence-electron chi connectivity index (χ2n) is 2.69. The molecule has 60 valence electrons. The van der Waals surface area contributed by atoms with Gasteiger partial charge < -0.3 is 4.90 Å². The molecule has 11 heavy (non-hydrogen) atoms.